The molecule has 0 aromatic rings. The van der Waals surface area contributed by atoms with E-state index in [1.165, 1.54) is 6.42 Å². The van der Waals surface area contributed by atoms with Gasteiger partial charge in [-0.2, -0.15) is 0 Å². The third kappa shape index (κ3) is 5.73. The van der Waals surface area contributed by atoms with Crippen LogP contribution in [0.2, 0.25) is 0 Å². The lowest BCUT2D eigenvalue weighted by molar-refractivity contribution is -0.125. The highest BCUT2D eigenvalue weighted by molar-refractivity contribution is 5.85. The van der Waals surface area contributed by atoms with Crippen LogP contribution in [-0.2, 0) is 4.79 Å². The molecule has 0 heterocycles. The van der Waals surface area contributed by atoms with Crippen LogP contribution in [0.5, 0.6) is 0 Å². The van der Waals surface area contributed by atoms with Crippen molar-refractivity contribution in [3.05, 3.63) is 0 Å². The van der Waals surface area contributed by atoms with Gasteiger partial charge in [0, 0.05) is 18.5 Å². The van der Waals surface area contributed by atoms with Crippen molar-refractivity contribution in [2.24, 2.45) is 17.8 Å². The van der Waals surface area contributed by atoms with Crippen LogP contribution >= 0.6 is 12.4 Å². The first-order valence-corrected chi connectivity index (χ1v) is 6.47. The SMILES string of the molecule is CNCC(C)C(=O)NC1CC(C)CC(C)C1.Cl. The number of rotatable bonds is 4. The van der Waals surface area contributed by atoms with Crippen LogP contribution in [-0.4, -0.2) is 25.5 Å². The van der Waals surface area contributed by atoms with Crippen LogP contribution in [0, 0.1) is 17.8 Å². The van der Waals surface area contributed by atoms with Crippen molar-refractivity contribution in [2.75, 3.05) is 13.6 Å². The van der Waals surface area contributed by atoms with Gasteiger partial charge in [-0.05, 0) is 38.1 Å². The van der Waals surface area contributed by atoms with Crippen LogP contribution in [0.3, 0.4) is 0 Å². The summed E-state index contributed by atoms with van der Waals surface area (Å²) in [7, 11) is 1.88. The molecule has 1 aliphatic rings. The first-order valence-electron chi connectivity index (χ1n) is 6.47. The second-order valence-corrected chi connectivity index (χ2v) is 5.58. The molecule has 1 fully saturated rings. The molecule has 0 aromatic carbocycles. The lowest BCUT2D eigenvalue weighted by Crippen LogP contribution is -2.43. The molecule has 0 aromatic heterocycles. The summed E-state index contributed by atoms with van der Waals surface area (Å²) in [6, 6.07) is 0.394. The summed E-state index contributed by atoms with van der Waals surface area (Å²) in [4.78, 5) is 11.9. The molecule has 1 saturated carbocycles. The van der Waals surface area contributed by atoms with Gasteiger partial charge in [-0.25, -0.2) is 0 Å². The van der Waals surface area contributed by atoms with Gasteiger partial charge in [0.1, 0.15) is 0 Å². The van der Waals surface area contributed by atoms with Crippen LogP contribution < -0.4 is 10.6 Å². The van der Waals surface area contributed by atoms with E-state index in [9.17, 15) is 4.79 Å². The number of hydrogen-bond acceptors (Lipinski definition) is 2. The van der Waals surface area contributed by atoms with E-state index >= 15 is 0 Å². The number of carbonyl (C=O) groups excluding carboxylic acids is 1. The molecule has 1 rings (SSSR count). The van der Waals surface area contributed by atoms with Gasteiger partial charge in [0.2, 0.25) is 5.91 Å². The number of hydrogen-bond donors (Lipinski definition) is 2. The van der Waals surface area contributed by atoms with Gasteiger partial charge in [-0.3, -0.25) is 4.79 Å². The van der Waals surface area contributed by atoms with E-state index in [4.69, 9.17) is 0 Å². The normalized spacial score (nSPS) is 30.2. The van der Waals surface area contributed by atoms with E-state index in [0.29, 0.717) is 6.04 Å². The van der Waals surface area contributed by atoms with Crippen LogP contribution in [0.1, 0.15) is 40.0 Å². The molecule has 0 radical (unpaired) electrons. The maximum absolute atomic E-state index is 11.9. The zero-order chi connectivity index (χ0) is 12.1. The van der Waals surface area contributed by atoms with Crippen LogP contribution in [0.4, 0.5) is 0 Å². The minimum absolute atomic E-state index is 0. The van der Waals surface area contributed by atoms with Crippen molar-refractivity contribution in [2.45, 2.75) is 46.1 Å². The highest BCUT2D eigenvalue weighted by Crippen LogP contribution is 2.28. The third-order valence-electron chi connectivity index (χ3n) is 3.48. The van der Waals surface area contributed by atoms with Crippen molar-refractivity contribution in [3.63, 3.8) is 0 Å². The lowest BCUT2D eigenvalue weighted by atomic mass is 9.80. The lowest BCUT2D eigenvalue weighted by Gasteiger charge is -2.32. The fraction of sp³-hybridized carbons (Fsp3) is 0.923. The predicted octanol–water partition coefficient (Wildman–Crippen LogP) is 2.20. The van der Waals surface area contributed by atoms with Gasteiger partial charge in [0.25, 0.3) is 0 Å². The fourth-order valence-electron chi connectivity index (χ4n) is 2.81. The summed E-state index contributed by atoms with van der Waals surface area (Å²) in [5.41, 5.74) is 0. The van der Waals surface area contributed by atoms with Gasteiger partial charge < -0.3 is 10.6 Å². The Kier molecular flexibility index (Phi) is 7.80. The molecule has 3 unspecified atom stereocenters. The Morgan fingerprint density at radius 3 is 2.24 bits per heavy atom. The molecule has 0 aliphatic heterocycles. The van der Waals surface area contributed by atoms with Crippen molar-refractivity contribution in [1.82, 2.24) is 10.6 Å². The Hall–Kier alpha value is -0.280. The Balaban J connectivity index is 0.00000256. The first-order chi connectivity index (χ1) is 7.52. The summed E-state index contributed by atoms with van der Waals surface area (Å²) in [5.74, 6) is 1.75. The quantitative estimate of drug-likeness (QED) is 0.816. The largest absolute Gasteiger partial charge is 0.353 e. The van der Waals surface area contributed by atoms with Crippen molar-refractivity contribution in [3.8, 4) is 0 Å². The van der Waals surface area contributed by atoms with Gasteiger partial charge >= 0.3 is 0 Å². The molecule has 102 valence electrons. The van der Waals surface area contributed by atoms with Crippen LogP contribution in [0.25, 0.3) is 0 Å². The molecule has 0 bridgehead atoms. The summed E-state index contributed by atoms with van der Waals surface area (Å²) in [6.07, 6.45) is 3.59. The zero-order valence-electron chi connectivity index (χ0n) is 11.5. The summed E-state index contributed by atoms with van der Waals surface area (Å²) in [6.45, 7) is 7.29. The zero-order valence-corrected chi connectivity index (χ0v) is 12.3. The van der Waals surface area contributed by atoms with E-state index in [2.05, 4.69) is 24.5 Å². The molecule has 17 heavy (non-hydrogen) atoms. The molecule has 2 N–H and O–H groups in total. The topological polar surface area (TPSA) is 41.1 Å². The summed E-state index contributed by atoms with van der Waals surface area (Å²) in [5, 5.41) is 6.23. The number of halogens is 1. The molecule has 3 nitrogen and oxygen atoms in total. The highest BCUT2D eigenvalue weighted by Gasteiger charge is 2.26. The Morgan fingerprint density at radius 2 is 1.76 bits per heavy atom. The van der Waals surface area contributed by atoms with E-state index in [-0.39, 0.29) is 24.2 Å². The van der Waals surface area contributed by atoms with E-state index in [1.54, 1.807) is 0 Å². The van der Waals surface area contributed by atoms with Crippen LogP contribution in [0.15, 0.2) is 0 Å². The van der Waals surface area contributed by atoms with E-state index < -0.39 is 0 Å². The van der Waals surface area contributed by atoms with E-state index in [0.717, 1.165) is 31.2 Å². The minimum Gasteiger partial charge on any atom is -0.353 e. The van der Waals surface area contributed by atoms with Gasteiger partial charge in [0.05, 0.1) is 0 Å². The van der Waals surface area contributed by atoms with Crippen molar-refractivity contribution < 1.29 is 4.79 Å². The van der Waals surface area contributed by atoms with Crippen molar-refractivity contribution >= 4 is 18.3 Å². The minimum atomic E-state index is 0. The highest BCUT2D eigenvalue weighted by atomic mass is 35.5. The van der Waals surface area contributed by atoms with E-state index in [1.807, 2.05) is 14.0 Å². The number of nitrogens with one attached hydrogen (secondary N) is 2. The Labute approximate surface area is 112 Å². The fourth-order valence-corrected chi connectivity index (χ4v) is 2.81. The predicted molar refractivity (Wildman–Crippen MR) is 74.4 cm³/mol. The molecule has 0 saturated heterocycles. The standard InChI is InChI=1S/C13H26N2O.ClH/c1-9-5-10(2)7-12(6-9)15-13(16)11(3)8-14-4;/h9-12,14H,5-8H2,1-4H3,(H,15,16);1H. The molecule has 1 aliphatic carbocycles. The Bertz CT molecular complexity index is 225. The van der Waals surface area contributed by atoms with Gasteiger partial charge in [-0.1, -0.05) is 20.8 Å². The molecular weight excluding hydrogens is 236 g/mol. The molecule has 1 amide bonds. The maximum Gasteiger partial charge on any atom is 0.224 e. The molecule has 4 heteroatoms. The first kappa shape index (κ1) is 16.7. The number of amides is 1. The van der Waals surface area contributed by atoms with Gasteiger partial charge in [0.15, 0.2) is 0 Å². The number of carbonyl (C=O) groups is 1. The second kappa shape index (κ2) is 7.93. The molecule has 0 spiro atoms. The average Bonchev–Trinajstić information content (AvgIpc) is 2.16. The molecular formula is C13H27ClN2O. The Morgan fingerprint density at radius 1 is 1.24 bits per heavy atom. The smallest absolute Gasteiger partial charge is 0.224 e. The summed E-state index contributed by atoms with van der Waals surface area (Å²) < 4.78 is 0. The van der Waals surface area contributed by atoms with Gasteiger partial charge in [-0.15, -0.1) is 12.4 Å². The second-order valence-electron chi connectivity index (χ2n) is 5.58. The molecule has 3 atom stereocenters. The average molecular weight is 263 g/mol. The third-order valence-corrected chi connectivity index (χ3v) is 3.48. The monoisotopic (exact) mass is 262 g/mol. The maximum atomic E-state index is 11.9. The summed E-state index contributed by atoms with van der Waals surface area (Å²) >= 11 is 0. The van der Waals surface area contributed by atoms with Crippen molar-refractivity contribution in [1.29, 1.82) is 0 Å².